The molecular weight excluding hydrogens is 428 g/mol. The van der Waals surface area contributed by atoms with Crippen LogP contribution in [-0.2, 0) is 10.1 Å². The van der Waals surface area contributed by atoms with Crippen LogP contribution in [0.3, 0.4) is 0 Å². The average molecular weight is 448 g/mol. The first-order valence-corrected chi connectivity index (χ1v) is 10.3. The smallest absolute Gasteiger partial charge is 0.410 e. The van der Waals surface area contributed by atoms with Crippen molar-refractivity contribution in [3.05, 3.63) is 16.2 Å². The van der Waals surface area contributed by atoms with Crippen LogP contribution in [-0.4, -0.2) is 52.7 Å². The summed E-state index contributed by atoms with van der Waals surface area (Å²) in [6.45, 7) is 8.17. The summed E-state index contributed by atoms with van der Waals surface area (Å²) in [7, 11) is 0. The molecule has 1 aliphatic heterocycles. The fourth-order valence-electron chi connectivity index (χ4n) is 2.64. The van der Waals surface area contributed by atoms with Crippen molar-refractivity contribution in [1.29, 1.82) is 0 Å². The van der Waals surface area contributed by atoms with Gasteiger partial charge in [0.1, 0.15) is 5.60 Å². The third-order valence-corrected chi connectivity index (χ3v) is 6.00. The molecule has 0 spiro atoms. The molecular formula is C16H20BrClN4O2S. The molecule has 0 N–H and O–H groups in total. The van der Waals surface area contributed by atoms with Crippen molar-refractivity contribution < 1.29 is 9.53 Å². The van der Waals surface area contributed by atoms with E-state index in [1.54, 1.807) is 16.2 Å². The predicted molar refractivity (Wildman–Crippen MR) is 105 cm³/mol. The number of anilines is 1. The summed E-state index contributed by atoms with van der Waals surface area (Å²) >= 11 is 11.3. The van der Waals surface area contributed by atoms with Crippen molar-refractivity contribution in [2.45, 2.75) is 31.7 Å². The quantitative estimate of drug-likeness (QED) is 0.507. The number of hydrogen-bond acceptors (Lipinski definition) is 6. The van der Waals surface area contributed by atoms with E-state index < -0.39 is 5.60 Å². The van der Waals surface area contributed by atoms with E-state index in [0.29, 0.717) is 26.2 Å². The molecule has 0 aromatic carbocycles. The van der Waals surface area contributed by atoms with Crippen LogP contribution in [0.15, 0.2) is 6.07 Å². The Kier molecular flexibility index (Phi) is 5.41. The standard InChI is InChI=1S/C16H20BrClN4O2S/c1-16(2,3)24-15(23)22-6-4-21(5-7-22)13-12-11(19-14(18)20-13)8-10(9-17)25-12/h8H,4-7,9H2,1-3H3. The van der Waals surface area contributed by atoms with E-state index in [-0.39, 0.29) is 11.4 Å². The van der Waals surface area contributed by atoms with Gasteiger partial charge in [-0.1, -0.05) is 15.9 Å². The lowest BCUT2D eigenvalue weighted by Gasteiger charge is -2.36. The molecule has 1 aliphatic rings. The predicted octanol–water partition coefficient (Wildman–Crippen LogP) is 4.30. The van der Waals surface area contributed by atoms with Gasteiger partial charge in [0.15, 0.2) is 5.82 Å². The van der Waals surface area contributed by atoms with Crippen molar-refractivity contribution in [2.75, 3.05) is 31.1 Å². The van der Waals surface area contributed by atoms with Gasteiger partial charge in [0, 0.05) is 36.4 Å². The zero-order valence-corrected chi connectivity index (χ0v) is 17.5. The van der Waals surface area contributed by atoms with Gasteiger partial charge >= 0.3 is 6.09 Å². The number of carbonyl (C=O) groups excluding carboxylic acids is 1. The van der Waals surface area contributed by atoms with Crippen molar-refractivity contribution >= 4 is 61.0 Å². The van der Waals surface area contributed by atoms with E-state index in [1.165, 1.54) is 4.88 Å². The lowest BCUT2D eigenvalue weighted by atomic mass is 10.2. The number of thiophene rings is 1. The fourth-order valence-corrected chi connectivity index (χ4v) is 4.28. The summed E-state index contributed by atoms with van der Waals surface area (Å²) < 4.78 is 6.48. The summed E-state index contributed by atoms with van der Waals surface area (Å²) in [6, 6.07) is 2.03. The van der Waals surface area contributed by atoms with Crippen molar-refractivity contribution in [3.63, 3.8) is 0 Å². The van der Waals surface area contributed by atoms with E-state index in [4.69, 9.17) is 16.3 Å². The number of fused-ring (bicyclic) bond motifs is 1. The Hall–Kier alpha value is -1.12. The summed E-state index contributed by atoms with van der Waals surface area (Å²) in [5, 5.41) is 1.02. The van der Waals surface area contributed by atoms with Crippen molar-refractivity contribution in [2.24, 2.45) is 0 Å². The Bertz CT molecular complexity index is 784. The molecule has 6 nitrogen and oxygen atoms in total. The summed E-state index contributed by atoms with van der Waals surface area (Å²) in [5.74, 6) is 0.844. The van der Waals surface area contributed by atoms with Crippen LogP contribution in [0.1, 0.15) is 25.6 Å². The number of carbonyl (C=O) groups is 1. The monoisotopic (exact) mass is 446 g/mol. The molecule has 1 fully saturated rings. The van der Waals surface area contributed by atoms with Crippen LogP contribution >= 0.6 is 38.9 Å². The summed E-state index contributed by atoms with van der Waals surface area (Å²) in [5.41, 5.74) is 0.382. The molecule has 1 amide bonds. The highest BCUT2D eigenvalue weighted by molar-refractivity contribution is 9.08. The van der Waals surface area contributed by atoms with Gasteiger partial charge in [-0.2, -0.15) is 4.98 Å². The van der Waals surface area contributed by atoms with E-state index in [9.17, 15) is 4.79 Å². The highest BCUT2D eigenvalue weighted by Gasteiger charge is 2.27. The van der Waals surface area contributed by atoms with Crippen molar-refractivity contribution in [3.8, 4) is 0 Å². The Morgan fingerprint density at radius 2 is 2.00 bits per heavy atom. The number of ether oxygens (including phenoxy) is 1. The number of rotatable bonds is 2. The first-order chi connectivity index (χ1) is 11.8. The van der Waals surface area contributed by atoms with E-state index >= 15 is 0 Å². The van der Waals surface area contributed by atoms with E-state index in [2.05, 4.69) is 30.8 Å². The second-order valence-corrected chi connectivity index (χ2v) is 8.87. The van der Waals surface area contributed by atoms with Gasteiger partial charge in [-0.25, -0.2) is 9.78 Å². The molecule has 2 aromatic heterocycles. The van der Waals surface area contributed by atoms with Crippen molar-refractivity contribution in [1.82, 2.24) is 14.9 Å². The maximum atomic E-state index is 12.2. The molecule has 136 valence electrons. The topological polar surface area (TPSA) is 58.6 Å². The van der Waals surface area contributed by atoms with Gasteiger partial charge in [-0.05, 0) is 38.4 Å². The van der Waals surface area contributed by atoms with E-state index in [0.717, 1.165) is 21.4 Å². The minimum atomic E-state index is -0.483. The second kappa shape index (κ2) is 7.25. The van der Waals surface area contributed by atoms with Crippen LogP contribution in [0.5, 0.6) is 0 Å². The Labute approximate surface area is 164 Å². The first kappa shape index (κ1) is 18.7. The number of nitrogens with zero attached hydrogens (tertiary/aromatic N) is 4. The molecule has 25 heavy (non-hydrogen) atoms. The molecule has 3 heterocycles. The van der Waals surface area contributed by atoms with Crippen LogP contribution in [0, 0.1) is 0 Å². The minimum Gasteiger partial charge on any atom is -0.444 e. The number of halogens is 2. The van der Waals surface area contributed by atoms with Gasteiger partial charge in [0.05, 0.1) is 10.2 Å². The molecule has 9 heteroatoms. The number of alkyl halides is 1. The largest absolute Gasteiger partial charge is 0.444 e. The molecule has 0 radical (unpaired) electrons. The van der Waals surface area contributed by atoms with Gasteiger partial charge in [-0.3, -0.25) is 0 Å². The maximum absolute atomic E-state index is 12.2. The highest BCUT2D eigenvalue weighted by Crippen LogP contribution is 2.34. The molecule has 0 atom stereocenters. The fraction of sp³-hybridized carbons (Fsp3) is 0.562. The molecule has 2 aromatic rings. The average Bonchev–Trinajstić information content (AvgIpc) is 2.95. The molecule has 0 bridgehead atoms. The number of aromatic nitrogens is 2. The first-order valence-electron chi connectivity index (χ1n) is 8.01. The maximum Gasteiger partial charge on any atom is 0.410 e. The molecule has 0 aliphatic carbocycles. The summed E-state index contributed by atoms with van der Waals surface area (Å²) in [6.07, 6.45) is -0.268. The minimum absolute atomic E-state index is 0.246. The normalized spacial score (nSPS) is 15.7. The highest BCUT2D eigenvalue weighted by atomic mass is 79.9. The van der Waals surface area contributed by atoms with Crippen LogP contribution in [0.25, 0.3) is 10.2 Å². The Balaban J connectivity index is 1.76. The summed E-state index contributed by atoms with van der Waals surface area (Å²) in [4.78, 5) is 26.0. The second-order valence-electron chi connectivity index (χ2n) is 6.83. The van der Waals surface area contributed by atoms with Gasteiger partial charge in [0.2, 0.25) is 5.28 Å². The molecule has 0 unspecified atom stereocenters. The van der Waals surface area contributed by atoms with E-state index in [1.807, 2.05) is 26.8 Å². The zero-order valence-electron chi connectivity index (χ0n) is 14.4. The van der Waals surface area contributed by atoms with Gasteiger partial charge in [0.25, 0.3) is 0 Å². The SMILES string of the molecule is CC(C)(C)OC(=O)N1CCN(c2nc(Cl)nc3cc(CBr)sc23)CC1. The number of hydrogen-bond donors (Lipinski definition) is 0. The molecule has 1 saturated heterocycles. The lowest BCUT2D eigenvalue weighted by molar-refractivity contribution is 0.0240. The third kappa shape index (κ3) is 4.35. The van der Waals surface area contributed by atoms with Crippen LogP contribution < -0.4 is 4.90 Å². The number of amides is 1. The lowest BCUT2D eigenvalue weighted by Crippen LogP contribution is -2.50. The zero-order chi connectivity index (χ0) is 18.2. The van der Waals surface area contributed by atoms with Gasteiger partial charge < -0.3 is 14.5 Å². The Morgan fingerprint density at radius 1 is 1.32 bits per heavy atom. The number of piperazine rings is 1. The van der Waals surface area contributed by atoms with Crippen LogP contribution in [0.2, 0.25) is 5.28 Å². The van der Waals surface area contributed by atoms with Crippen LogP contribution in [0.4, 0.5) is 10.6 Å². The molecule has 0 saturated carbocycles. The molecule has 3 rings (SSSR count). The van der Waals surface area contributed by atoms with Gasteiger partial charge in [-0.15, -0.1) is 11.3 Å². The Morgan fingerprint density at radius 3 is 2.60 bits per heavy atom. The third-order valence-electron chi connectivity index (χ3n) is 3.74.